The highest BCUT2D eigenvalue weighted by Crippen LogP contribution is 2.43. The van der Waals surface area contributed by atoms with Gasteiger partial charge in [-0.05, 0) is 43.2 Å². The maximum atomic E-state index is 15.0. The molecule has 2 heterocycles. The number of carbonyl (C=O) groups is 1. The van der Waals surface area contributed by atoms with Gasteiger partial charge < -0.3 is 10.2 Å². The van der Waals surface area contributed by atoms with Crippen LogP contribution in [0.15, 0.2) is 48.0 Å². The molecule has 3 aromatic rings. The summed E-state index contributed by atoms with van der Waals surface area (Å²) < 4.78 is 31.4. The first-order valence-electron chi connectivity index (χ1n) is 10.3. The van der Waals surface area contributed by atoms with E-state index in [0.717, 1.165) is 18.9 Å². The van der Waals surface area contributed by atoms with Crippen LogP contribution in [0.2, 0.25) is 10.0 Å². The molecule has 2 fully saturated rings. The number of aromatic nitrogens is 2. The van der Waals surface area contributed by atoms with Gasteiger partial charge in [0.05, 0.1) is 34.8 Å². The van der Waals surface area contributed by atoms with E-state index < -0.39 is 17.2 Å². The van der Waals surface area contributed by atoms with E-state index in [1.807, 2.05) is 0 Å². The molecule has 1 amide bonds. The third-order valence-corrected chi connectivity index (χ3v) is 6.90. The maximum absolute atomic E-state index is 15.0. The molecule has 2 aromatic carbocycles. The first-order valence-corrected chi connectivity index (χ1v) is 11.0. The van der Waals surface area contributed by atoms with Crippen molar-refractivity contribution in [1.82, 2.24) is 14.5 Å². The van der Waals surface area contributed by atoms with E-state index in [2.05, 4.69) is 16.9 Å². The number of carbonyl (C=O) groups excluding carboxylic acids is 1. The molecule has 170 valence electrons. The first kappa shape index (κ1) is 21.9. The molecule has 6 nitrogen and oxygen atoms in total. The van der Waals surface area contributed by atoms with Crippen molar-refractivity contribution in [1.29, 1.82) is 0 Å². The van der Waals surface area contributed by atoms with Gasteiger partial charge in [-0.1, -0.05) is 29.8 Å². The lowest BCUT2D eigenvalue weighted by atomic mass is 9.81. The Bertz CT molecular complexity index is 1380. The predicted octanol–water partition coefficient (Wildman–Crippen LogP) is 4.65. The highest BCUT2D eigenvalue weighted by Gasteiger charge is 2.49. The largest absolute Gasteiger partial charge is 0.372 e. The highest BCUT2D eigenvalue weighted by atomic mass is 35.5. The summed E-state index contributed by atoms with van der Waals surface area (Å²) in [4.78, 5) is 30.6. The Morgan fingerprint density at radius 2 is 1.94 bits per heavy atom. The molecular weight excluding hydrogens is 473 g/mol. The fourth-order valence-corrected chi connectivity index (χ4v) is 4.81. The fraction of sp³-hybridized carbons (Fsp3) is 0.261. The molecule has 33 heavy (non-hydrogen) atoms. The second kappa shape index (κ2) is 7.81. The minimum Gasteiger partial charge on any atom is -0.372 e. The summed E-state index contributed by atoms with van der Waals surface area (Å²) in [6.07, 6.45) is 4.26. The Balaban J connectivity index is 1.62. The van der Waals surface area contributed by atoms with E-state index in [1.54, 1.807) is 0 Å². The Morgan fingerprint density at radius 1 is 1.21 bits per heavy atom. The number of hydrogen-bond acceptors (Lipinski definition) is 4. The summed E-state index contributed by atoms with van der Waals surface area (Å²) in [5.41, 5.74) is -1.29. The van der Waals surface area contributed by atoms with E-state index >= 15 is 0 Å². The van der Waals surface area contributed by atoms with Gasteiger partial charge in [-0.15, -0.1) is 0 Å². The molecule has 1 aliphatic heterocycles. The second-order valence-electron chi connectivity index (χ2n) is 8.37. The van der Waals surface area contributed by atoms with Gasteiger partial charge in [0.25, 0.3) is 5.56 Å². The summed E-state index contributed by atoms with van der Waals surface area (Å²) in [7, 11) is 0. The monoisotopic (exact) mass is 490 g/mol. The zero-order valence-corrected chi connectivity index (χ0v) is 18.8. The van der Waals surface area contributed by atoms with Crippen LogP contribution in [0.1, 0.15) is 24.4 Å². The molecule has 0 unspecified atom stereocenters. The van der Waals surface area contributed by atoms with E-state index in [-0.39, 0.29) is 62.8 Å². The molecule has 1 saturated heterocycles. The molecule has 0 atom stereocenters. The number of likely N-dealkylation sites (tertiary alicyclic amines) is 1. The molecule has 5 rings (SSSR count). The van der Waals surface area contributed by atoms with E-state index in [4.69, 9.17) is 23.2 Å². The van der Waals surface area contributed by atoms with Gasteiger partial charge in [-0.25, -0.2) is 13.8 Å². The van der Waals surface area contributed by atoms with Gasteiger partial charge in [0, 0.05) is 17.3 Å². The maximum Gasteiger partial charge on any atom is 0.261 e. The van der Waals surface area contributed by atoms with E-state index in [9.17, 15) is 18.4 Å². The van der Waals surface area contributed by atoms with Crippen molar-refractivity contribution in [3.63, 3.8) is 0 Å². The Morgan fingerprint density at radius 3 is 2.61 bits per heavy atom. The van der Waals surface area contributed by atoms with Gasteiger partial charge in [-0.3, -0.25) is 14.2 Å². The van der Waals surface area contributed by atoms with Crippen molar-refractivity contribution in [3.05, 3.63) is 80.8 Å². The Hall–Kier alpha value is -2.97. The lowest BCUT2D eigenvalue weighted by Gasteiger charge is -2.51. The average molecular weight is 491 g/mol. The van der Waals surface area contributed by atoms with Crippen LogP contribution in [-0.2, 0) is 10.3 Å². The molecular formula is C23H18Cl2F2N4O2. The second-order valence-corrected chi connectivity index (χ2v) is 9.15. The predicted molar refractivity (Wildman–Crippen MR) is 123 cm³/mol. The quantitative estimate of drug-likeness (QED) is 0.417. The van der Waals surface area contributed by atoms with Crippen LogP contribution in [-0.4, -0.2) is 33.4 Å². The molecule has 10 heteroatoms. The van der Waals surface area contributed by atoms with Gasteiger partial charge >= 0.3 is 0 Å². The molecule has 0 radical (unpaired) electrons. The zero-order valence-electron chi connectivity index (χ0n) is 17.2. The molecule has 1 saturated carbocycles. The normalized spacial score (nSPS) is 17.0. The SMILES string of the molecule is C=CC(=O)N1CC(Nc2cc(F)c3ncn(C4CC4)c(=O)c3c2)(c2c(F)ccc(Cl)c2Cl)C1. The van der Waals surface area contributed by atoms with Crippen molar-refractivity contribution in [2.75, 3.05) is 18.4 Å². The van der Waals surface area contributed by atoms with Crippen LogP contribution in [0.25, 0.3) is 10.9 Å². The number of nitrogens with zero attached hydrogens (tertiary/aromatic N) is 3. The van der Waals surface area contributed by atoms with E-state index in [0.29, 0.717) is 0 Å². The van der Waals surface area contributed by atoms with Crippen LogP contribution in [0.3, 0.4) is 0 Å². The lowest BCUT2D eigenvalue weighted by Crippen LogP contribution is -2.65. The van der Waals surface area contributed by atoms with Gasteiger partial charge in [0.15, 0.2) is 5.82 Å². The molecule has 1 aliphatic carbocycles. The first-order chi connectivity index (χ1) is 15.7. The number of rotatable bonds is 5. The number of nitrogens with one attached hydrogen (secondary N) is 1. The fourth-order valence-electron chi connectivity index (χ4n) is 4.32. The molecule has 1 N–H and O–H groups in total. The van der Waals surface area contributed by atoms with E-state index in [1.165, 1.54) is 40.1 Å². The number of fused-ring (bicyclic) bond motifs is 1. The van der Waals surface area contributed by atoms with Crippen LogP contribution >= 0.6 is 23.2 Å². The van der Waals surface area contributed by atoms with Crippen molar-refractivity contribution in [3.8, 4) is 0 Å². The third kappa shape index (κ3) is 3.57. The minimum absolute atomic E-state index is 0.00566. The van der Waals surface area contributed by atoms with Crippen LogP contribution in [0.5, 0.6) is 0 Å². The minimum atomic E-state index is -1.19. The Kier molecular flexibility index (Phi) is 5.17. The van der Waals surface area contributed by atoms with Crippen LogP contribution in [0, 0.1) is 11.6 Å². The highest BCUT2D eigenvalue weighted by molar-refractivity contribution is 6.42. The zero-order chi connectivity index (χ0) is 23.5. The standard InChI is InChI=1S/C23H18Cl2F2N4O2/c1-2-18(32)30-9-23(10-30,19-16(26)6-5-15(24)20(19)25)29-12-7-14-21(17(27)8-12)28-11-31(22(14)33)13-3-4-13/h2,5-8,11,13,29H,1,3-4,9-10H2. The average Bonchev–Trinajstić information content (AvgIpc) is 3.59. The number of benzene rings is 2. The summed E-state index contributed by atoms with van der Waals surface area (Å²) in [6, 6.07) is 5.27. The lowest BCUT2D eigenvalue weighted by molar-refractivity contribution is -0.132. The summed E-state index contributed by atoms with van der Waals surface area (Å²) in [5, 5.41) is 3.37. The number of amides is 1. The van der Waals surface area contributed by atoms with Crippen molar-refractivity contribution < 1.29 is 13.6 Å². The van der Waals surface area contributed by atoms with Gasteiger partial charge in [0.1, 0.15) is 16.9 Å². The van der Waals surface area contributed by atoms with Crippen molar-refractivity contribution >= 4 is 45.7 Å². The third-order valence-electron chi connectivity index (χ3n) is 6.09. The summed E-state index contributed by atoms with van der Waals surface area (Å²) in [6.45, 7) is 3.54. The molecule has 2 aliphatic rings. The van der Waals surface area contributed by atoms with Gasteiger partial charge in [-0.2, -0.15) is 0 Å². The number of anilines is 1. The van der Waals surface area contributed by atoms with Crippen LogP contribution < -0.4 is 10.9 Å². The molecule has 0 bridgehead atoms. The van der Waals surface area contributed by atoms with Crippen molar-refractivity contribution in [2.45, 2.75) is 24.4 Å². The van der Waals surface area contributed by atoms with Crippen LogP contribution in [0.4, 0.5) is 14.5 Å². The molecule has 0 spiro atoms. The summed E-state index contributed by atoms with van der Waals surface area (Å²) >= 11 is 12.5. The Labute approximate surface area is 197 Å². The van der Waals surface area contributed by atoms with Crippen molar-refractivity contribution in [2.24, 2.45) is 0 Å². The summed E-state index contributed by atoms with van der Waals surface area (Å²) in [5.74, 6) is -1.66. The molecule has 1 aromatic heterocycles. The number of halogens is 4. The smallest absolute Gasteiger partial charge is 0.261 e. The topological polar surface area (TPSA) is 67.2 Å². The number of hydrogen-bond donors (Lipinski definition) is 1. The van der Waals surface area contributed by atoms with Gasteiger partial charge in [0.2, 0.25) is 5.91 Å².